The maximum absolute atomic E-state index is 12.9. The molecule has 0 bridgehead atoms. The molecule has 0 aliphatic carbocycles. The van der Waals surface area contributed by atoms with Gasteiger partial charge < -0.3 is 15.2 Å². The van der Waals surface area contributed by atoms with Gasteiger partial charge in [0.2, 0.25) is 0 Å². The Kier molecular flexibility index (Phi) is 4.67. The monoisotopic (exact) mass is 289 g/mol. The lowest BCUT2D eigenvalue weighted by molar-refractivity contribution is -0.139. The molecule has 20 heavy (non-hydrogen) atoms. The van der Waals surface area contributed by atoms with Crippen LogP contribution in [-0.4, -0.2) is 30.4 Å². The zero-order valence-electron chi connectivity index (χ0n) is 11.2. The molecule has 2 rings (SSSR count). The Balaban J connectivity index is 2.11. The average Bonchev–Trinajstić information content (AvgIpc) is 2.37. The highest BCUT2D eigenvalue weighted by Crippen LogP contribution is 2.35. The van der Waals surface area contributed by atoms with E-state index >= 15 is 0 Å². The second-order valence-electron chi connectivity index (χ2n) is 5.14. The number of aliphatic hydroxyl groups is 1. The minimum Gasteiger partial charge on any atom is -0.388 e. The molecule has 3 unspecified atom stereocenters. The van der Waals surface area contributed by atoms with Crippen molar-refractivity contribution >= 4 is 0 Å². The molecule has 2 N–H and O–H groups in total. The molecule has 112 valence electrons. The van der Waals surface area contributed by atoms with Crippen molar-refractivity contribution in [1.82, 2.24) is 5.32 Å². The molecule has 1 aromatic carbocycles. The molecule has 0 amide bonds. The van der Waals surface area contributed by atoms with Crippen molar-refractivity contribution < 1.29 is 23.0 Å². The van der Waals surface area contributed by atoms with Crippen LogP contribution in [0.5, 0.6) is 0 Å². The SMILES string of the molecule is CC1COCC(CC(O)c2ccccc2C(F)(F)F)N1. The molecular formula is C14H18F3NO2. The van der Waals surface area contributed by atoms with E-state index in [2.05, 4.69) is 5.32 Å². The summed E-state index contributed by atoms with van der Waals surface area (Å²) < 4.78 is 44.0. The van der Waals surface area contributed by atoms with Gasteiger partial charge in [-0.15, -0.1) is 0 Å². The fourth-order valence-electron chi connectivity index (χ4n) is 2.46. The number of rotatable bonds is 3. The van der Waals surface area contributed by atoms with Crippen LogP contribution in [0.15, 0.2) is 24.3 Å². The minimum absolute atomic E-state index is 0.0833. The molecule has 1 aromatic rings. The van der Waals surface area contributed by atoms with Crippen LogP contribution >= 0.6 is 0 Å². The van der Waals surface area contributed by atoms with Crippen molar-refractivity contribution in [2.75, 3.05) is 13.2 Å². The Morgan fingerprint density at radius 1 is 1.35 bits per heavy atom. The number of halogens is 3. The van der Waals surface area contributed by atoms with Gasteiger partial charge in [-0.25, -0.2) is 0 Å². The van der Waals surface area contributed by atoms with Crippen LogP contribution in [-0.2, 0) is 10.9 Å². The number of nitrogens with one attached hydrogen (secondary N) is 1. The van der Waals surface area contributed by atoms with Gasteiger partial charge in [-0.1, -0.05) is 18.2 Å². The van der Waals surface area contributed by atoms with Crippen molar-refractivity contribution in [3.8, 4) is 0 Å². The third-order valence-corrected chi connectivity index (χ3v) is 3.34. The summed E-state index contributed by atoms with van der Waals surface area (Å²) in [6, 6.07) is 5.13. The molecule has 1 aliphatic rings. The van der Waals surface area contributed by atoms with Gasteiger partial charge in [0.25, 0.3) is 0 Å². The molecule has 0 radical (unpaired) electrons. The molecule has 3 atom stereocenters. The summed E-state index contributed by atoms with van der Waals surface area (Å²) in [5.74, 6) is 0. The van der Waals surface area contributed by atoms with Gasteiger partial charge in [-0.05, 0) is 25.0 Å². The van der Waals surface area contributed by atoms with Crippen molar-refractivity contribution in [2.45, 2.75) is 37.7 Å². The first-order chi connectivity index (χ1) is 9.38. The lowest BCUT2D eigenvalue weighted by Gasteiger charge is -2.30. The van der Waals surface area contributed by atoms with E-state index in [1.54, 1.807) is 0 Å². The van der Waals surface area contributed by atoms with Crippen LogP contribution in [0.2, 0.25) is 0 Å². The number of hydrogen-bond acceptors (Lipinski definition) is 3. The van der Waals surface area contributed by atoms with Crippen LogP contribution in [0.1, 0.15) is 30.6 Å². The van der Waals surface area contributed by atoms with Gasteiger partial charge >= 0.3 is 6.18 Å². The van der Waals surface area contributed by atoms with E-state index in [1.165, 1.54) is 18.2 Å². The average molecular weight is 289 g/mol. The molecule has 1 fully saturated rings. The summed E-state index contributed by atoms with van der Waals surface area (Å²) in [6.45, 7) is 2.91. The Labute approximate surface area is 115 Å². The topological polar surface area (TPSA) is 41.5 Å². The fourth-order valence-corrected chi connectivity index (χ4v) is 2.46. The van der Waals surface area contributed by atoms with Gasteiger partial charge in [0.05, 0.1) is 24.9 Å². The van der Waals surface area contributed by atoms with E-state index < -0.39 is 17.8 Å². The maximum atomic E-state index is 12.9. The van der Waals surface area contributed by atoms with Gasteiger partial charge in [0.15, 0.2) is 0 Å². The summed E-state index contributed by atoms with van der Waals surface area (Å²) in [4.78, 5) is 0. The van der Waals surface area contributed by atoms with Gasteiger partial charge in [-0.3, -0.25) is 0 Å². The number of morpholine rings is 1. The van der Waals surface area contributed by atoms with Crippen LogP contribution in [0, 0.1) is 0 Å². The number of alkyl halides is 3. The first-order valence-corrected chi connectivity index (χ1v) is 6.56. The molecule has 0 spiro atoms. The third-order valence-electron chi connectivity index (χ3n) is 3.34. The molecule has 1 saturated heterocycles. The van der Waals surface area contributed by atoms with Crippen molar-refractivity contribution in [3.05, 3.63) is 35.4 Å². The Morgan fingerprint density at radius 2 is 2.05 bits per heavy atom. The normalized spacial score (nSPS) is 25.4. The predicted molar refractivity (Wildman–Crippen MR) is 68.2 cm³/mol. The van der Waals surface area contributed by atoms with E-state index in [4.69, 9.17) is 4.74 Å². The number of hydrogen-bond donors (Lipinski definition) is 2. The number of benzene rings is 1. The Morgan fingerprint density at radius 3 is 2.70 bits per heavy atom. The zero-order valence-corrected chi connectivity index (χ0v) is 11.2. The Hall–Kier alpha value is -1.11. The maximum Gasteiger partial charge on any atom is 0.416 e. The first-order valence-electron chi connectivity index (χ1n) is 6.56. The van der Waals surface area contributed by atoms with E-state index in [-0.39, 0.29) is 24.1 Å². The largest absolute Gasteiger partial charge is 0.416 e. The summed E-state index contributed by atoms with van der Waals surface area (Å²) in [7, 11) is 0. The summed E-state index contributed by atoms with van der Waals surface area (Å²) in [5, 5.41) is 13.3. The van der Waals surface area contributed by atoms with Crippen molar-refractivity contribution in [1.29, 1.82) is 0 Å². The zero-order chi connectivity index (χ0) is 14.8. The van der Waals surface area contributed by atoms with E-state index in [1.807, 2.05) is 6.92 Å². The van der Waals surface area contributed by atoms with Gasteiger partial charge in [0, 0.05) is 12.1 Å². The highest BCUT2D eigenvalue weighted by Gasteiger charge is 2.35. The van der Waals surface area contributed by atoms with Crippen LogP contribution < -0.4 is 5.32 Å². The second kappa shape index (κ2) is 6.11. The van der Waals surface area contributed by atoms with E-state index in [0.717, 1.165) is 6.07 Å². The van der Waals surface area contributed by atoms with E-state index in [0.29, 0.717) is 13.2 Å². The molecule has 0 aromatic heterocycles. The van der Waals surface area contributed by atoms with E-state index in [9.17, 15) is 18.3 Å². The minimum atomic E-state index is -4.46. The molecule has 3 nitrogen and oxygen atoms in total. The summed E-state index contributed by atoms with van der Waals surface area (Å²) in [5.41, 5.74) is -0.864. The predicted octanol–water partition coefficient (Wildman–Crippen LogP) is 2.51. The molecule has 6 heteroatoms. The lowest BCUT2D eigenvalue weighted by atomic mass is 9.96. The summed E-state index contributed by atoms with van der Waals surface area (Å²) in [6.07, 6.45) is -5.43. The highest BCUT2D eigenvalue weighted by atomic mass is 19.4. The second-order valence-corrected chi connectivity index (χ2v) is 5.14. The van der Waals surface area contributed by atoms with Crippen LogP contribution in [0.25, 0.3) is 0 Å². The molecule has 0 saturated carbocycles. The fraction of sp³-hybridized carbons (Fsp3) is 0.571. The van der Waals surface area contributed by atoms with Crippen LogP contribution in [0.4, 0.5) is 13.2 Å². The smallest absolute Gasteiger partial charge is 0.388 e. The number of aliphatic hydroxyl groups excluding tert-OH is 1. The highest BCUT2D eigenvalue weighted by molar-refractivity contribution is 5.31. The molecule has 1 aliphatic heterocycles. The van der Waals surface area contributed by atoms with Gasteiger partial charge in [0.1, 0.15) is 0 Å². The standard InChI is InChI=1S/C14H18F3NO2/c1-9-7-20-8-10(18-9)6-13(19)11-4-2-3-5-12(11)14(15,16)17/h2-5,9-10,13,18-19H,6-8H2,1H3. The quantitative estimate of drug-likeness (QED) is 0.898. The summed E-state index contributed by atoms with van der Waals surface area (Å²) >= 11 is 0. The van der Waals surface area contributed by atoms with Crippen molar-refractivity contribution in [2.24, 2.45) is 0 Å². The Bertz CT molecular complexity index is 450. The van der Waals surface area contributed by atoms with Crippen molar-refractivity contribution in [3.63, 3.8) is 0 Å². The molecular weight excluding hydrogens is 271 g/mol. The third kappa shape index (κ3) is 3.71. The van der Waals surface area contributed by atoms with Gasteiger partial charge in [-0.2, -0.15) is 13.2 Å². The van der Waals surface area contributed by atoms with Crippen LogP contribution in [0.3, 0.4) is 0 Å². The number of ether oxygens (including phenoxy) is 1. The lowest BCUT2D eigenvalue weighted by Crippen LogP contribution is -2.47. The molecule has 1 heterocycles. The first kappa shape index (κ1) is 15.3.